The highest BCUT2D eigenvalue weighted by atomic mass is 35.5. The standard InChI is InChI=1S/C18H20N6O.2ClH/c1-12-11-19-9-10-23(12)18(25)16-13(2)24(22-21-16)15-7-3-5-14-6-4-8-20-17(14)15;;/h3-8,12,19H,9-11H2,1-2H3;2*1H/t12-;;/m0../s1. The predicted molar refractivity (Wildman–Crippen MR) is 109 cm³/mol. The van der Waals surface area contributed by atoms with Gasteiger partial charge in [0.1, 0.15) is 0 Å². The van der Waals surface area contributed by atoms with Gasteiger partial charge in [-0.3, -0.25) is 9.78 Å². The fraction of sp³-hybridized carbons (Fsp3) is 0.333. The lowest BCUT2D eigenvalue weighted by Gasteiger charge is -2.33. The summed E-state index contributed by atoms with van der Waals surface area (Å²) in [6, 6.07) is 9.96. The number of carbonyl (C=O) groups is 1. The molecular weight excluding hydrogens is 387 g/mol. The van der Waals surface area contributed by atoms with E-state index < -0.39 is 0 Å². The Morgan fingerprint density at radius 2 is 2.00 bits per heavy atom. The number of fused-ring (bicyclic) bond motifs is 1. The summed E-state index contributed by atoms with van der Waals surface area (Å²) in [6.45, 7) is 6.20. The van der Waals surface area contributed by atoms with Crippen molar-refractivity contribution in [3.8, 4) is 5.69 Å². The molecule has 0 radical (unpaired) electrons. The molecule has 1 amide bonds. The lowest BCUT2D eigenvalue weighted by Crippen LogP contribution is -2.52. The number of halogens is 2. The number of aromatic nitrogens is 4. The molecule has 1 aliphatic rings. The lowest BCUT2D eigenvalue weighted by atomic mass is 10.1. The van der Waals surface area contributed by atoms with E-state index in [4.69, 9.17) is 0 Å². The molecule has 0 saturated carbocycles. The van der Waals surface area contributed by atoms with Crippen LogP contribution in [-0.4, -0.2) is 56.5 Å². The van der Waals surface area contributed by atoms with Gasteiger partial charge in [-0.15, -0.1) is 29.9 Å². The van der Waals surface area contributed by atoms with Crippen molar-refractivity contribution in [3.05, 3.63) is 47.9 Å². The zero-order valence-electron chi connectivity index (χ0n) is 15.1. The van der Waals surface area contributed by atoms with Gasteiger partial charge in [0, 0.05) is 37.3 Å². The van der Waals surface area contributed by atoms with Gasteiger partial charge in [0.05, 0.1) is 16.9 Å². The van der Waals surface area contributed by atoms with E-state index in [0.29, 0.717) is 12.2 Å². The number of pyridine rings is 1. The van der Waals surface area contributed by atoms with Gasteiger partial charge in [-0.25, -0.2) is 4.68 Å². The van der Waals surface area contributed by atoms with E-state index in [0.717, 1.165) is 35.4 Å². The van der Waals surface area contributed by atoms with Gasteiger partial charge in [-0.2, -0.15) is 0 Å². The van der Waals surface area contributed by atoms with Crippen LogP contribution < -0.4 is 5.32 Å². The number of nitrogens with zero attached hydrogens (tertiary/aromatic N) is 5. The summed E-state index contributed by atoms with van der Waals surface area (Å²) in [7, 11) is 0. The van der Waals surface area contributed by atoms with Crippen LogP contribution in [0.5, 0.6) is 0 Å². The Bertz CT molecular complexity index is 939. The summed E-state index contributed by atoms with van der Waals surface area (Å²) in [5.41, 5.74) is 2.80. The van der Waals surface area contributed by atoms with Crippen LogP contribution in [0.1, 0.15) is 23.1 Å². The molecule has 1 atom stereocenters. The molecule has 0 spiro atoms. The molecule has 3 heterocycles. The fourth-order valence-electron chi connectivity index (χ4n) is 3.29. The van der Waals surface area contributed by atoms with Crippen LogP contribution in [0.3, 0.4) is 0 Å². The van der Waals surface area contributed by atoms with Crippen molar-refractivity contribution in [1.29, 1.82) is 0 Å². The molecule has 9 heteroatoms. The Balaban J connectivity index is 0.00000131. The van der Waals surface area contributed by atoms with Crippen LogP contribution in [0.25, 0.3) is 16.6 Å². The van der Waals surface area contributed by atoms with Gasteiger partial charge < -0.3 is 10.2 Å². The molecule has 0 unspecified atom stereocenters. The van der Waals surface area contributed by atoms with Crippen LogP contribution in [0, 0.1) is 6.92 Å². The summed E-state index contributed by atoms with van der Waals surface area (Å²) >= 11 is 0. The predicted octanol–water partition coefficient (Wildman–Crippen LogP) is 2.40. The first-order valence-corrected chi connectivity index (χ1v) is 8.45. The highest BCUT2D eigenvalue weighted by molar-refractivity contribution is 5.94. The maximum absolute atomic E-state index is 12.9. The molecule has 0 aliphatic carbocycles. The summed E-state index contributed by atoms with van der Waals surface area (Å²) in [6.07, 6.45) is 1.76. The van der Waals surface area contributed by atoms with Crippen LogP contribution in [0.15, 0.2) is 36.5 Å². The van der Waals surface area contributed by atoms with Gasteiger partial charge in [0.15, 0.2) is 5.69 Å². The maximum Gasteiger partial charge on any atom is 0.276 e. The number of carbonyl (C=O) groups excluding carboxylic acids is 1. The average Bonchev–Trinajstić information content (AvgIpc) is 3.02. The smallest absolute Gasteiger partial charge is 0.276 e. The second-order valence-electron chi connectivity index (χ2n) is 6.34. The Hall–Kier alpha value is -2.22. The monoisotopic (exact) mass is 408 g/mol. The highest BCUT2D eigenvalue weighted by Gasteiger charge is 2.28. The Kier molecular flexibility index (Phi) is 6.75. The molecule has 2 aromatic heterocycles. The minimum atomic E-state index is -0.0639. The van der Waals surface area contributed by atoms with E-state index in [-0.39, 0.29) is 36.8 Å². The molecular formula is C18H22Cl2N6O. The molecule has 4 rings (SSSR count). The minimum Gasteiger partial charge on any atom is -0.332 e. The topological polar surface area (TPSA) is 75.9 Å². The number of piperazine rings is 1. The quantitative estimate of drug-likeness (QED) is 0.704. The molecule has 1 N–H and O–H groups in total. The first-order chi connectivity index (χ1) is 12.2. The molecule has 1 aliphatic heterocycles. The van der Waals surface area contributed by atoms with Gasteiger partial charge in [-0.1, -0.05) is 23.4 Å². The molecule has 27 heavy (non-hydrogen) atoms. The molecule has 144 valence electrons. The zero-order valence-corrected chi connectivity index (χ0v) is 16.8. The van der Waals surface area contributed by atoms with Crippen LogP contribution in [0.4, 0.5) is 0 Å². The van der Waals surface area contributed by atoms with Gasteiger partial charge >= 0.3 is 0 Å². The van der Waals surface area contributed by atoms with E-state index in [2.05, 4.69) is 20.6 Å². The van der Waals surface area contributed by atoms with Crippen LogP contribution in [0.2, 0.25) is 0 Å². The van der Waals surface area contributed by atoms with E-state index in [9.17, 15) is 4.79 Å². The average molecular weight is 409 g/mol. The lowest BCUT2D eigenvalue weighted by molar-refractivity contribution is 0.0649. The Morgan fingerprint density at radius 1 is 1.22 bits per heavy atom. The minimum absolute atomic E-state index is 0. The van der Waals surface area contributed by atoms with Crippen molar-refractivity contribution in [1.82, 2.24) is 30.2 Å². The first-order valence-electron chi connectivity index (χ1n) is 8.45. The summed E-state index contributed by atoms with van der Waals surface area (Å²) in [5.74, 6) is -0.0639. The second kappa shape index (κ2) is 8.65. The Morgan fingerprint density at radius 3 is 2.78 bits per heavy atom. The number of benzene rings is 1. The highest BCUT2D eigenvalue weighted by Crippen LogP contribution is 2.22. The third-order valence-corrected chi connectivity index (χ3v) is 4.70. The number of rotatable bonds is 2. The Labute approximate surface area is 170 Å². The zero-order chi connectivity index (χ0) is 17.4. The maximum atomic E-state index is 12.9. The van der Waals surface area contributed by atoms with Gasteiger partial charge in [0.2, 0.25) is 0 Å². The van der Waals surface area contributed by atoms with E-state index >= 15 is 0 Å². The van der Waals surface area contributed by atoms with Gasteiger partial charge in [-0.05, 0) is 26.0 Å². The van der Waals surface area contributed by atoms with Crippen molar-refractivity contribution in [2.24, 2.45) is 0 Å². The normalized spacial score (nSPS) is 16.5. The molecule has 1 aromatic carbocycles. The molecule has 1 saturated heterocycles. The first kappa shape index (κ1) is 21.1. The third kappa shape index (κ3) is 3.76. The number of hydrogen-bond donors (Lipinski definition) is 1. The van der Waals surface area contributed by atoms with Crippen molar-refractivity contribution in [2.45, 2.75) is 19.9 Å². The van der Waals surface area contributed by atoms with Crippen molar-refractivity contribution >= 4 is 41.6 Å². The SMILES string of the molecule is Cc1c(C(=O)N2CCNC[C@@H]2C)nnn1-c1cccc2cccnc12.Cl.Cl. The van der Waals surface area contributed by atoms with E-state index in [1.165, 1.54) is 0 Å². The number of nitrogens with one attached hydrogen (secondary N) is 1. The van der Waals surface area contributed by atoms with E-state index in [1.807, 2.05) is 49.1 Å². The number of amides is 1. The van der Waals surface area contributed by atoms with Crippen LogP contribution >= 0.6 is 24.8 Å². The van der Waals surface area contributed by atoms with E-state index in [1.54, 1.807) is 10.9 Å². The number of para-hydroxylation sites is 1. The van der Waals surface area contributed by atoms with Crippen LogP contribution in [-0.2, 0) is 0 Å². The molecule has 3 aromatic rings. The van der Waals surface area contributed by atoms with Crippen molar-refractivity contribution in [2.75, 3.05) is 19.6 Å². The molecule has 0 bridgehead atoms. The molecule has 1 fully saturated rings. The third-order valence-electron chi connectivity index (χ3n) is 4.70. The molecule has 7 nitrogen and oxygen atoms in total. The number of hydrogen-bond acceptors (Lipinski definition) is 5. The summed E-state index contributed by atoms with van der Waals surface area (Å²) < 4.78 is 1.70. The fourth-order valence-corrected chi connectivity index (χ4v) is 3.29. The van der Waals surface area contributed by atoms with Crippen molar-refractivity contribution in [3.63, 3.8) is 0 Å². The second-order valence-corrected chi connectivity index (χ2v) is 6.34. The summed E-state index contributed by atoms with van der Waals surface area (Å²) in [5, 5.41) is 12.7. The van der Waals surface area contributed by atoms with Crippen molar-refractivity contribution < 1.29 is 4.79 Å². The summed E-state index contributed by atoms with van der Waals surface area (Å²) in [4.78, 5) is 19.2. The largest absolute Gasteiger partial charge is 0.332 e. The van der Waals surface area contributed by atoms with Gasteiger partial charge in [0.25, 0.3) is 5.91 Å².